The summed E-state index contributed by atoms with van der Waals surface area (Å²) in [6.45, 7) is 3.74. The van der Waals surface area contributed by atoms with Crippen LogP contribution in [0.5, 0.6) is 0 Å². The molecule has 0 bridgehead atoms. The summed E-state index contributed by atoms with van der Waals surface area (Å²) in [4.78, 5) is 25.4. The molecule has 1 aliphatic heterocycles. The van der Waals surface area contributed by atoms with E-state index in [0.717, 1.165) is 24.2 Å². The molecule has 1 aromatic rings. The number of halogens is 1. The lowest BCUT2D eigenvalue weighted by molar-refractivity contribution is -0.127. The van der Waals surface area contributed by atoms with Gasteiger partial charge in [0.15, 0.2) is 0 Å². The third kappa shape index (κ3) is 5.50. The Hall–Kier alpha value is -2.52. The van der Waals surface area contributed by atoms with Gasteiger partial charge in [0.2, 0.25) is 5.91 Å². The molecule has 0 spiro atoms. The van der Waals surface area contributed by atoms with Gasteiger partial charge in [0, 0.05) is 43.0 Å². The molecule has 132 valence electrons. The second-order valence-electron chi connectivity index (χ2n) is 5.87. The molecule has 0 radical (unpaired) electrons. The monoisotopic (exact) mass is 360 g/mol. The molecule has 1 fully saturated rings. The van der Waals surface area contributed by atoms with Crippen LogP contribution in [0.25, 0.3) is 0 Å². The van der Waals surface area contributed by atoms with Crippen LogP contribution in [0.3, 0.4) is 0 Å². The van der Waals surface area contributed by atoms with Crippen LogP contribution in [0, 0.1) is 18.3 Å². The summed E-state index contributed by atoms with van der Waals surface area (Å²) in [5.74, 6) is -0.271. The van der Waals surface area contributed by atoms with Crippen LogP contribution in [0.15, 0.2) is 30.0 Å². The maximum absolute atomic E-state index is 12.1. The Morgan fingerprint density at radius 3 is 2.96 bits per heavy atom. The number of rotatable bonds is 7. The topological polar surface area (TPSA) is 85.2 Å². The Labute approximate surface area is 152 Å². The highest BCUT2D eigenvalue weighted by atomic mass is 35.5. The highest BCUT2D eigenvalue weighted by Gasteiger charge is 2.19. The lowest BCUT2D eigenvalue weighted by Gasteiger charge is -2.15. The zero-order valence-electron chi connectivity index (χ0n) is 14.1. The van der Waals surface area contributed by atoms with Gasteiger partial charge in [-0.3, -0.25) is 9.59 Å². The molecular formula is C18H21ClN4O2. The zero-order chi connectivity index (χ0) is 18.2. The molecule has 0 saturated carbocycles. The first-order chi connectivity index (χ1) is 12.0. The van der Waals surface area contributed by atoms with Crippen molar-refractivity contribution < 1.29 is 9.59 Å². The molecule has 2 rings (SSSR count). The summed E-state index contributed by atoms with van der Waals surface area (Å²) in [5.41, 5.74) is 1.67. The van der Waals surface area contributed by atoms with Crippen molar-refractivity contribution in [1.82, 2.24) is 10.2 Å². The summed E-state index contributed by atoms with van der Waals surface area (Å²) in [6, 6.07) is 7.24. The average Bonchev–Trinajstić information content (AvgIpc) is 3.00. The smallest absolute Gasteiger partial charge is 0.263 e. The van der Waals surface area contributed by atoms with Gasteiger partial charge in [-0.1, -0.05) is 17.7 Å². The molecule has 0 aliphatic carbocycles. The molecule has 2 N–H and O–H groups in total. The van der Waals surface area contributed by atoms with Crippen molar-refractivity contribution in [3.63, 3.8) is 0 Å². The Balaban J connectivity index is 1.82. The molecular weight excluding hydrogens is 340 g/mol. The maximum atomic E-state index is 12.1. The Kier molecular flexibility index (Phi) is 6.84. The number of benzene rings is 1. The first-order valence-corrected chi connectivity index (χ1v) is 8.58. The zero-order valence-corrected chi connectivity index (χ0v) is 14.9. The van der Waals surface area contributed by atoms with Gasteiger partial charge >= 0.3 is 0 Å². The largest absolute Gasteiger partial charge is 0.360 e. The predicted molar refractivity (Wildman–Crippen MR) is 96.9 cm³/mol. The minimum absolute atomic E-state index is 0.0170. The number of nitrogens with one attached hydrogen (secondary N) is 2. The van der Waals surface area contributed by atoms with E-state index in [-0.39, 0.29) is 11.5 Å². The average molecular weight is 361 g/mol. The fraction of sp³-hybridized carbons (Fsp3) is 0.389. The Morgan fingerprint density at radius 2 is 2.28 bits per heavy atom. The number of hydrogen-bond donors (Lipinski definition) is 2. The van der Waals surface area contributed by atoms with Crippen molar-refractivity contribution >= 4 is 29.1 Å². The van der Waals surface area contributed by atoms with Gasteiger partial charge in [-0.15, -0.1) is 0 Å². The fourth-order valence-electron chi connectivity index (χ4n) is 2.56. The van der Waals surface area contributed by atoms with E-state index in [9.17, 15) is 9.59 Å². The first kappa shape index (κ1) is 18.8. The van der Waals surface area contributed by atoms with E-state index >= 15 is 0 Å². The maximum Gasteiger partial charge on any atom is 0.263 e. The van der Waals surface area contributed by atoms with Crippen molar-refractivity contribution in [2.24, 2.45) is 0 Å². The normalized spacial score (nSPS) is 14.4. The third-order valence-corrected chi connectivity index (χ3v) is 4.23. The van der Waals surface area contributed by atoms with Crippen LogP contribution in [0.4, 0.5) is 5.69 Å². The van der Waals surface area contributed by atoms with E-state index in [2.05, 4.69) is 10.6 Å². The van der Waals surface area contributed by atoms with E-state index in [0.29, 0.717) is 31.0 Å². The number of anilines is 1. The Morgan fingerprint density at radius 1 is 1.48 bits per heavy atom. The van der Waals surface area contributed by atoms with Gasteiger partial charge < -0.3 is 15.5 Å². The van der Waals surface area contributed by atoms with Crippen molar-refractivity contribution in [3.8, 4) is 6.07 Å². The summed E-state index contributed by atoms with van der Waals surface area (Å²) >= 11 is 5.94. The Bertz CT molecular complexity index is 724. The number of nitriles is 1. The molecule has 1 heterocycles. The number of carbonyl (C=O) groups is 2. The number of nitrogens with zero attached hydrogens (tertiary/aromatic N) is 2. The van der Waals surface area contributed by atoms with Crippen molar-refractivity contribution in [3.05, 3.63) is 40.6 Å². The van der Waals surface area contributed by atoms with Crippen LogP contribution in [-0.4, -0.2) is 36.3 Å². The molecule has 2 amide bonds. The highest BCUT2D eigenvalue weighted by molar-refractivity contribution is 6.30. The minimum atomic E-state index is -0.442. The van der Waals surface area contributed by atoms with Gasteiger partial charge in [0.25, 0.3) is 5.91 Å². The summed E-state index contributed by atoms with van der Waals surface area (Å²) in [6.07, 6.45) is 3.55. The number of carbonyl (C=O) groups excluding carboxylic acids is 2. The SMILES string of the molecule is Cc1ccc(Cl)cc1N/C=C(/C#N)C(=O)NCCCN1CCCC1=O. The molecule has 0 atom stereocenters. The molecule has 1 aromatic carbocycles. The molecule has 1 saturated heterocycles. The molecule has 6 nitrogen and oxygen atoms in total. The van der Waals surface area contributed by atoms with Crippen molar-refractivity contribution in [1.29, 1.82) is 5.26 Å². The van der Waals surface area contributed by atoms with E-state index in [1.54, 1.807) is 17.0 Å². The lowest BCUT2D eigenvalue weighted by atomic mass is 10.2. The molecule has 0 unspecified atom stereocenters. The highest BCUT2D eigenvalue weighted by Crippen LogP contribution is 2.20. The first-order valence-electron chi connectivity index (χ1n) is 8.20. The van der Waals surface area contributed by atoms with E-state index in [1.165, 1.54) is 6.20 Å². The quantitative estimate of drug-likeness (QED) is 0.444. The standard InChI is InChI=1S/C18H21ClN4O2/c1-13-5-6-15(19)10-16(13)22-12-14(11-20)18(25)21-7-3-9-23-8-2-4-17(23)24/h5-6,10,12,22H,2-4,7-9H2,1H3,(H,21,25)/b14-12-. The van der Waals surface area contributed by atoms with E-state index < -0.39 is 5.91 Å². The van der Waals surface area contributed by atoms with Crippen LogP contribution in [-0.2, 0) is 9.59 Å². The molecule has 0 aromatic heterocycles. The van der Waals surface area contributed by atoms with Gasteiger partial charge in [-0.25, -0.2) is 0 Å². The molecule has 25 heavy (non-hydrogen) atoms. The van der Waals surface area contributed by atoms with Gasteiger partial charge in [0.1, 0.15) is 11.6 Å². The second-order valence-corrected chi connectivity index (χ2v) is 6.30. The summed E-state index contributed by atoms with van der Waals surface area (Å²) in [7, 11) is 0. The van der Waals surface area contributed by atoms with Crippen molar-refractivity contribution in [2.45, 2.75) is 26.2 Å². The number of likely N-dealkylation sites (tertiary alicyclic amines) is 1. The van der Waals surface area contributed by atoms with Crippen LogP contribution < -0.4 is 10.6 Å². The number of hydrogen-bond acceptors (Lipinski definition) is 4. The van der Waals surface area contributed by atoms with Crippen LogP contribution in [0.2, 0.25) is 5.02 Å². The lowest BCUT2D eigenvalue weighted by Crippen LogP contribution is -2.31. The molecule has 7 heteroatoms. The third-order valence-electron chi connectivity index (χ3n) is 4.00. The second kappa shape index (κ2) is 9.09. The molecule has 1 aliphatic rings. The number of aryl methyl sites for hydroxylation is 1. The minimum Gasteiger partial charge on any atom is -0.360 e. The van der Waals surface area contributed by atoms with E-state index in [4.69, 9.17) is 16.9 Å². The fourth-order valence-corrected chi connectivity index (χ4v) is 2.73. The van der Waals surface area contributed by atoms with Crippen molar-refractivity contribution in [2.75, 3.05) is 25.0 Å². The predicted octanol–water partition coefficient (Wildman–Crippen LogP) is 2.60. The van der Waals surface area contributed by atoms with Gasteiger partial charge in [-0.2, -0.15) is 5.26 Å². The summed E-state index contributed by atoms with van der Waals surface area (Å²) < 4.78 is 0. The number of amides is 2. The summed E-state index contributed by atoms with van der Waals surface area (Å²) in [5, 5.41) is 15.4. The van der Waals surface area contributed by atoms with Crippen LogP contribution >= 0.6 is 11.6 Å². The van der Waals surface area contributed by atoms with Gasteiger partial charge in [0.05, 0.1) is 0 Å². The van der Waals surface area contributed by atoms with E-state index in [1.807, 2.05) is 19.1 Å². The van der Waals surface area contributed by atoms with Crippen LogP contribution in [0.1, 0.15) is 24.8 Å². The van der Waals surface area contributed by atoms with Gasteiger partial charge in [-0.05, 0) is 37.5 Å².